The van der Waals surface area contributed by atoms with Crippen LogP contribution < -0.4 is 5.32 Å². The van der Waals surface area contributed by atoms with Crippen molar-refractivity contribution in [1.82, 2.24) is 0 Å². The molecule has 24 heavy (non-hydrogen) atoms. The van der Waals surface area contributed by atoms with Gasteiger partial charge in [-0.25, -0.2) is 4.39 Å². The average Bonchev–Trinajstić information content (AvgIpc) is 2.52. The normalized spacial score (nSPS) is 10.3. The molecule has 0 aromatic heterocycles. The van der Waals surface area contributed by atoms with Crippen LogP contribution in [0.25, 0.3) is 0 Å². The van der Waals surface area contributed by atoms with Crippen molar-refractivity contribution in [2.75, 3.05) is 11.9 Å². The lowest BCUT2D eigenvalue weighted by Gasteiger charge is -2.09. The molecule has 0 spiro atoms. The molecule has 0 aliphatic heterocycles. The molecule has 2 aromatic rings. The minimum Gasteiger partial charge on any atom is -0.455 e. The molecule has 7 heteroatoms. The predicted octanol–water partition coefficient (Wildman–Crippen LogP) is 4.27. The molecule has 0 radical (unpaired) electrons. The molecule has 2 rings (SSSR count). The summed E-state index contributed by atoms with van der Waals surface area (Å²) in [4.78, 5) is 23.6. The van der Waals surface area contributed by atoms with E-state index in [0.717, 1.165) is 10.0 Å². The number of hydrogen-bond donors (Lipinski definition) is 1. The Morgan fingerprint density at radius 2 is 2.04 bits per heavy atom. The van der Waals surface area contributed by atoms with E-state index in [0.29, 0.717) is 5.69 Å². The summed E-state index contributed by atoms with van der Waals surface area (Å²) in [7, 11) is 0. The predicted molar refractivity (Wildman–Crippen MR) is 93.6 cm³/mol. The number of amides is 1. The molecule has 0 heterocycles. The molecule has 1 amide bonds. The fraction of sp³-hybridized carbons (Fsp3) is 0.176. The van der Waals surface area contributed by atoms with Gasteiger partial charge in [0, 0.05) is 15.1 Å². The van der Waals surface area contributed by atoms with Crippen molar-refractivity contribution >= 4 is 45.1 Å². The van der Waals surface area contributed by atoms with E-state index in [2.05, 4.69) is 21.2 Å². The summed E-state index contributed by atoms with van der Waals surface area (Å²) in [5, 5.41) is 2.76. The standard InChI is InChI=1S/C17H14BrClFNO3/c1-10-5-6-15(12(18)7-10)21-16(22)9-24-17(23)8-11-13(19)3-2-4-14(11)20/h2-7H,8-9H2,1H3,(H,21,22). The highest BCUT2D eigenvalue weighted by Crippen LogP contribution is 2.23. The Morgan fingerprint density at radius 3 is 2.71 bits per heavy atom. The first-order chi connectivity index (χ1) is 11.4. The Labute approximate surface area is 152 Å². The average molecular weight is 415 g/mol. The van der Waals surface area contributed by atoms with Crippen molar-refractivity contribution in [2.45, 2.75) is 13.3 Å². The van der Waals surface area contributed by atoms with Gasteiger partial charge in [0.05, 0.1) is 12.1 Å². The van der Waals surface area contributed by atoms with E-state index in [1.165, 1.54) is 18.2 Å². The zero-order chi connectivity index (χ0) is 17.7. The van der Waals surface area contributed by atoms with Gasteiger partial charge in [-0.2, -0.15) is 0 Å². The Balaban J connectivity index is 1.88. The summed E-state index contributed by atoms with van der Waals surface area (Å²) >= 11 is 9.18. The molecule has 0 bridgehead atoms. The Morgan fingerprint density at radius 1 is 1.29 bits per heavy atom. The van der Waals surface area contributed by atoms with Crippen molar-refractivity contribution in [3.05, 3.63) is 62.8 Å². The fourth-order valence-corrected chi connectivity index (χ4v) is 2.77. The number of esters is 1. The number of carbonyl (C=O) groups is 2. The Kier molecular flexibility index (Phi) is 6.34. The molecule has 0 aliphatic carbocycles. The van der Waals surface area contributed by atoms with E-state index < -0.39 is 24.3 Å². The highest BCUT2D eigenvalue weighted by Gasteiger charge is 2.14. The number of anilines is 1. The second kappa shape index (κ2) is 8.26. The van der Waals surface area contributed by atoms with Gasteiger partial charge in [-0.1, -0.05) is 23.7 Å². The van der Waals surface area contributed by atoms with Gasteiger partial charge in [0.25, 0.3) is 5.91 Å². The third-order valence-corrected chi connectivity index (χ3v) is 4.16. The van der Waals surface area contributed by atoms with Crippen LogP contribution in [0.4, 0.5) is 10.1 Å². The van der Waals surface area contributed by atoms with E-state index in [1.807, 2.05) is 19.1 Å². The third kappa shape index (κ3) is 5.04. The van der Waals surface area contributed by atoms with Crippen LogP contribution in [-0.4, -0.2) is 18.5 Å². The second-order valence-electron chi connectivity index (χ2n) is 5.07. The fourth-order valence-electron chi connectivity index (χ4n) is 1.95. The topological polar surface area (TPSA) is 55.4 Å². The van der Waals surface area contributed by atoms with E-state index in [-0.39, 0.29) is 17.0 Å². The number of rotatable bonds is 5. The van der Waals surface area contributed by atoms with E-state index in [9.17, 15) is 14.0 Å². The van der Waals surface area contributed by atoms with Crippen molar-refractivity contribution in [3.63, 3.8) is 0 Å². The van der Waals surface area contributed by atoms with E-state index in [4.69, 9.17) is 16.3 Å². The van der Waals surface area contributed by atoms with Crippen molar-refractivity contribution in [2.24, 2.45) is 0 Å². The summed E-state index contributed by atoms with van der Waals surface area (Å²) in [5.74, 6) is -1.82. The van der Waals surface area contributed by atoms with E-state index in [1.54, 1.807) is 6.07 Å². The van der Waals surface area contributed by atoms with Gasteiger partial charge in [0.2, 0.25) is 0 Å². The van der Waals surface area contributed by atoms with Gasteiger partial charge in [-0.15, -0.1) is 0 Å². The zero-order valence-corrected chi connectivity index (χ0v) is 15.1. The minimum absolute atomic E-state index is 0.0471. The zero-order valence-electron chi connectivity index (χ0n) is 12.7. The Bertz CT molecular complexity index is 762. The molecule has 0 saturated heterocycles. The van der Waals surface area contributed by atoms with Crippen molar-refractivity contribution < 1.29 is 18.7 Å². The maximum absolute atomic E-state index is 13.6. The Hall–Kier alpha value is -1.92. The van der Waals surface area contributed by atoms with Crippen LogP contribution in [0.5, 0.6) is 0 Å². The van der Waals surface area contributed by atoms with Crippen LogP contribution in [-0.2, 0) is 20.7 Å². The van der Waals surface area contributed by atoms with E-state index >= 15 is 0 Å². The smallest absolute Gasteiger partial charge is 0.310 e. The molecular formula is C17H14BrClFNO3. The maximum atomic E-state index is 13.6. The van der Waals surface area contributed by atoms with Crippen molar-refractivity contribution in [3.8, 4) is 0 Å². The number of ether oxygens (including phenoxy) is 1. The summed E-state index contributed by atoms with van der Waals surface area (Å²) in [6.07, 6.45) is -0.340. The molecule has 126 valence electrons. The summed E-state index contributed by atoms with van der Waals surface area (Å²) < 4.78 is 19.2. The summed E-state index contributed by atoms with van der Waals surface area (Å²) in [5.41, 5.74) is 1.65. The molecule has 4 nitrogen and oxygen atoms in total. The second-order valence-corrected chi connectivity index (χ2v) is 6.33. The van der Waals surface area contributed by atoms with Gasteiger partial charge >= 0.3 is 5.97 Å². The molecule has 0 unspecified atom stereocenters. The van der Waals surface area contributed by atoms with Gasteiger partial charge in [-0.05, 0) is 52.7 Å². The maximum Gasteiger partial charge on any atom is 0.310 e. The number of nitrogens with one attached hydrogen (secondary N) is 1. The number of halogens is 3. The molecule has 0 fully saturated rings. The largest absolute Gasteiger partial charge is 0.455 e. The number of carbonyl (C=O) groups excluding carboxylic acids is 2. The first-order valence-electron chi connectivity index (χ1n) is 7.01. The highest BCUT2D eigenvalue weighted by atomic mass is 79.9. The molecule has 0 aliphatic rings. The molecule has 1 N–H and O–H groups in total. The van der Waals surface area contributed by atoms with Crippen LogP contribution in [0.15, 0.2) is 40.9 Å². The van der Waals surface area contributed by atoms with Crippen LogP contribution in [0, 0.1) is 12.7 Å². The SMILES string of the molecule is Cc1ccc(NC(=O)COC(=O)Cc2c(F)cccc2Cl)c(Br)c1. The first kappa shape index (κ1) is 18.4. The van der Waals surface area contributed by atoms with Crippen LogP contribution in [0.3, 0.4) is 0 Å². The number of hydrogen-bond acceptors (Lipinski definition) is 3. The third-order valence-electron chi connectivity index (χ3n) is 3.15. The summed E-state index contributed by atoms with van der Waals surface area (Å²) in [6, 6.07) is 9.55. The van der Waals surface area contributed by atoms with Crippen LogP contribution in [0.1, 0.15) is 11.1 Å². The molecule has 0 saturated carbocycles. The molecule has 2 aromatic carbocycles. The molecule has 0 atom stereocenters. The lowest BCUT2D eigenvalue weighted by Crippen LogP contribution is -2.22. The summed E-state index contributed by atoms with van der Waals surface area (Å²) in [6.45, 7) is 1.46. The van der Waals surface area contributed by atoms with Gasteiger partial charge < -0.3 is 10.1 Å². The lowest BCUT2D eigenvalue weighted by atomic mass is 10.1. The van der Waals surface area contributed by atoms with Crippen molar-refractivity contribution in [1.29, 1.82) is 0 Å². The van der Waals surface area contributed by atoms with Crippen LogP contribution in [0.2, 0.25) is 5.02 Å². The van der Waals surface area contributed by atoms with Crippen LogP contribution >= 0.6 is 27.5 Å². The monoisotopic (exact) mass is 413 g/mol. The highest BCUT2D eigenvalue weighted by molar-refractivity contribution is 9.10. The lowest BCUT2D eigenvalue weighted by molar-refractivity contribution is -0.146. The first-order valence-corrected chi connectivity index (χ1v) is 8.18. The minimum atomic E-state index is -0.736. The number of aryl methyl sites for hydroxylation is 1. The van der Waals surface area contributed by atoms with Gasteiger partial charge in [0.1, 0.15) is 5.82 Å². The quantitative estimate of drug-likeness (QED) is 0.743. The van der Waals surface area contributed by atoms with Gasteiger partial charge in [0.15, 0.2) is 6.61 Å². The number of benzene rings is 2. The molecular weight excluding hydrogens is 401 g/mol. The van der Waals surface area contributed by atoms with Gasteiger partial charge in [-0.3, -0.25) is 9.59 Å².